The quantitative estimate of drug-likeness (QED) is 0.513. The second-order valence-electron chi connectivity index (χ2n) is 5.34. The second kappa shape index (κ2) is 6.25. The number of morpholine rings is 1. The maximum atomic E-state index is 13.2. The van der Waals surface area contributed by atoms with Crippen LogP contribution in [0.25, 0.3) is 15.6 Å². The number of benzene rings is 1. The molecule has 1 aromatic carbocycles. The fourth-order valence-corrected chi connectivity index (χ4v) is 5.02. The first-order chi connectivity index (χ1) is 11.6. The Morgan fingerprint density at radius 2 is 1.88 bits per heavy atom. The molecule has 0 atom stereocenters. The molecule has 0 unspecified atom stereocenters. The molecule has 24 heavy (non-hydrogen) atoms. The monoisotopic (exact) mass is 411 g/mol. The predicted octanol–water partition coefficient (Wildman–Crippen LogP) is 1.76. The molecule has 9 heteroatoms. The van der Waals surface area contributed by atoms with Crippen LogP contribution < -0.4 is 10.6 Å². The number of ether oxygens (including phenoxy) is 1. The third kappa shape index (κ3) is 2.73. The van der Waals surface area contributed by atoms with E-state index < -0.39 is 0 Å². The summed E-state index contributed by atoms with van der Waals surface area (Å²) in [5.74, 6) is 0.226. The van der Waals surface area contributed by atoms with Gasteiger partial charge in [0.2, 0.25) is 0 Å². The van der Waals surface area contributed by atoms with Gasteiger partial charge in [-0.15, -0.1) is 0 Å². The van der Waals surface area contributed by atoms with E-state index in [4.69, 9.17) is 22.7 Å². The van der Waals surface area contributed by atoms with E-state index in [1.807, 2.05) is 0 Å². The van der Waals surface area contributed by atoms with Crippen LogP contribution in [0.15, 0.2) is 24.3 Å². The summed E-state index contributed by atoms with van der Waals surface area (Å²) in [6.45, 7) is 3.06. The first kappa shape index (κ1) is 15.7. The molecule has 3 heterocycles. The van der Waals surface area contributed by atoms with E-state index in [0.29, 0.717) is 35.1 Å². The number of hydrogen-bond acceptors (Lipinski definition) is 6. The third-order valence-electron chi connectivity index (χ3n) is 3.83. The van der Waals surface area contributed by atoms with Gasteiger partial charge < -0.3 is 0 Å². The number of nitrogens with zero attached hydrogens (tertiary/aromatic N) is 4. The molecule has 6 nitrogen and oxygen atoms in total. The van der Waals surface area contributed by atoms with Gasteiger partial charge >= 0.3 is 148 Å². The van der Waals surface area contributed by atoms with E-state index in [1.54, 1.807) is 16.7 Å². The van der Waals surface area contributed by atoms with Crippen LogP contribution in [0.4, 0.5) is 14.9 Å². The molecule has 1 fully saturated rings. The van der Waals surface area contributed by atoms with Crippen LogP contribution in [0.1, 0.15) is 0 Å². The average molecular weight is 410 g/mol. The summed E-state index contributed by atoms with van der Waals surface area (Å²) in [4.78, 5) is 11.3. The molecule has 2 aromatic heterocycles. The summed E-state index contributed by atoms with van der Waals surface area (Å²) in [5.41, 5.74) is 7.67. The molecule has 0 spiro atoms. The Labute approximate surface area is 148 Å². The van der Waals surface area contributed by atoms with Gasteiger partial charge in [0.1, 0.15) is 0 Å². The first-order valence-electron chi connectivity index (χ1n) is 7.41. The summed E-state index contributed by atoms with van der Waals surface area (Å²) < 4.78 is 22.5. The summed E-state index contributed by atoms with van der Waals surface area (Å²) >= 11 is 5.34. The fourth-order valence-electron chi connectivity index (χ4n) is 2.62. The van der Waals surface area contributed by atoms with Crippen molar-refractivity contribution < 1.29 is 9.13 Å². The molecule has 4 rings (SSSR count). The van der Waals surface area contributed by atoms with Gasteiger partial charge in [-0.1, -0.05) is 0 Å². The Kier molecular flexibility index (Phi) is 4.09. The minimum absolute atomic E-state index is 0.0332. The van der Waals surface area contributed by atoms with Crippen molar-refractivity contribution in [1.82, 2.24) is 14.5 Å². The van der Waals surface area contributed by atoms with Gasteiger partial charge in [0.15, 0.2) is 0 Å². The molecule has 0 aliphatic carbocycles. The van der Waals surface area contributed by atoms with Gasteiger partial charge in [-0.05, 0) is 0 Å². The van der Waals surface area contributed by atoms with Crippen molar-refractivity contribution in [2.75, 3.05) is 36.9 Å². The Morgan fingerprint density at radius 1 is 1.17 bits per heavy atom. The van der Waals surface area contributed by atoms with E-state index in [9.17, 15) is 4.39 Å². The molecule has 0 saturated carbocycles. The topological polar surface area (TPSA) is 69.2 Å². The summed E-state index contributed by atoms with van der Waals surface area (Å²) in [7, 11) is 0. The Morgan fingerprint density at radius 3 is 2.58 bits per heavy atom. The number of nitrogen functional groups attached to an aromatic ring is 1. The van der Waals surface area contributed by atoms with Gasteiger partial charge in [0.25, 0.3) is 0 Å². The van der Waals surface area contributed by atoms with Crippen LogP contribution in [0, 0.1) is 10.6 Å². The van der Waals surface area contributed by atoms with Gasteiger partial charge in [-0.2, -0.15) is 0 Å². The third-order valence-corrected chi connectivity index (χ3v) is 6.47. The Balaban J connectivity index is 1.84. The van der Waals surface area contributed by atoms with Crippen molar-refractivity contribution in [1.29, 1.82) is 0 Å². The Bertz CT molecular complexity index is 949. The molecular weight excluding hydrogens is 396 g/mol. The number of nitrogens with two attached hydrogens (primary N) is 1. The first-order valence-corrected chi connectivity index (χ1v) is 9.53. The Hall–Kier alpha value is -1.80. The number of rotatable bonds is 2. The molecule has 3 aromatic rings. The van der Waals surface area contributed by atoms with E-state index in [0.717, 1.165) is 22.0 Å². The summed E-state index contributed by atoms with van der Waals surface area (Å²) in [5, 5.41) is 0. The average Bonchev–Trinajstić information content (AvgIpc) is 3.02. The van der Waals surface area contributed by atoms with Crippen molar-refractivity contribution in [3.05, 3.63) is 34.9 Å². The number of aromatic nitrogens is 3. The standard InChI is InChI=1S/C15H14FN5OSSe/c16-9-1-3-10(4-2-9)21-12(17)11-13(18-14(21)23)19-15(24-11)20-5-7-22-8-6-20/h1-4H,5-8,17H2. The molecule has 1 saturated heterocycles. The van der Waals surface area contributed by atoms with Crippen LogP contribution in [0.3, 0.4) is 0 Å². The van der Waals surface area contributed by atoms with Gasteiger partial charge in [0.05, 0.1) is 0 Å². The van der Waals surface area contributed by atoms with E-state index in [1.165, 1.54) is 12.1 Å². The van der Waals surface area contributed by atoms with Gasteiger partial charge in [-0.3, -0.25) is 0 Å². The van der Waals surface area contributed by atoms with Crippen LogP contribution in [-0.4, -0.2) is 55.3 Å². The van der Waals surface area contributed by atoms with Crippen molar-refractivity contribution in [3.8, 4) is 5.69 Å². The van der Waals surface area contributed by atoms with Gasteiger partial charge in [-0.25, -0.2) is 0 Å². The zero-order valence-electron chi connectivity index (χ0n) is 12.6. The number of halogens is 1. The number of fused-ring (bicyclic) bond motifs is 1. The minimum atomic E-state index is -0.305. The molecule has 124 valence electrons. The predicted molar refractivity (Wildman–Crippen MR) is 94.0 cm³/mol. The molecule has 2 N–H and O–H groups in total. The number of anilines is 2. The zero-order chi connectivity index (χ0) is 16.7. The van der Waals surface area contributed by atoms with E-state index >= 15 is 0 Å². The molecule has 1 aliphatic rings. The second-order valence-corrected chi connectivity index (χ2v) is 7.76. The molecule has 1 aliphatic heterocycles. The summed E-state index contributed by atoms with van der Waals surface area (Å²) in [6.07, 6.45) is 0. The molecule has 0 radical (unpaired) electrons. The van der Waals surface area contributed by atoms with Crippen molar-refractivity contribution in [2.24, 2.45) is 0 Å². The molecule has 0 amide bonds. The van der Waals surface area contributed by atoms with Crippen LogP contribution in [0.5, 0.6) is 0 Å². The van der Waals surface area contributed by atoms with Crippen molar-refractivity contribution in [2.45, 2.75) is 0 Å². The number of hydrogen-bond donors (Lipinski definition) is 1. The molecular formula is C15H14FN5OSSe. The van der Waals surface area contributed by atoms with Gasteiger partial charge in [0, 0.05) is 0 Å². The van der Waals surface area contributed by atoms with Crippen LogP contribution in [-0.2, 0) is 4.74 Å². The normalized spacial score (nSPS) is 15.1. The van der Waals surface area contributed by atoms with E-state index in [-0.39, 0.29) is 20.3 Å². The van der Waals surface area contributed by atoms with Crippen LogP contribution in [0.2, 0.25) is 0 Å². The maximum absolute atomic E-state index is 13.2. The van der Waals surface area contributed by atoms with Crippen molar-refractivity contribution in [3.63, 3.8) is 0 Å². The fraction of sp³-hybridized carbons (Fsp3) is 0.267. The van der Waals surface area contributed by atoms with Crippen LogP contribution >= 0.6 is 12.2 Å². The SMILES string of the molecule is Nc1c2[se]c(N3CCOCC3)nc2nc(=S)n1-c1ccc(F)cc1. The van der Waals surface area contributed by atoms with Crippen molar-refractivity contribution >= 4 is 47.1 Å². The summed E-state index contributed by atoms with van der Waals surface area (Å²) in [6, 6.07) is 6.04. The molecule has 0 bridgehead atoms. The van der Waals surface area contributed by atoms with E-state index in [2.05, 4.69) is 14.9 Å². The zero-order valence-corrected chi connectivity index (χ0v) is 15.1.